The number of hydrogen-bond donors (Lipinski definition) is 1. The second kappa shape index (κ2) is 6.66. The van der Waals surface area contributed by atoms with Crippen molar-refractivity contribution < 1.29 is 0 Å². The minimum atomic E-state index is 0.691. The Morgan fingerprint density at radius 3 is 2.62 bits per heavy atom. The fourth-order valence-electron chi connectivity index (χ4n) is 3.33. The van der Waals surface area contributed by atoms with Gasteiger partial charge in [-0.1, -0.05) is 29.8 Å². The van der Waals surface area contributed by atoms with Crippen molar-refractivity contribution >= 4 is 33.0 Å². The zero-order chi connectivity index (χ0) is 14.8. The van der Waals surface area contributed by atoms with Crippen LogP contribution in [-0.2, 0) is 6.54 Å². The minimum Gasteiger partial charge on any atom is -0.317 e. The van der Waals surface area contributed by atoms with Gasteiger partial charge in [-0.3, -0.25) is 4.90 Å². The third kappa shape index (κ3) is 3.26. The first-order valence-electron chi connectivity index (χ1n) is 7.72. The summed E-state index contributed by atoms with van der Waals surface area (Å²) in [4.78, 5) is 3.79. The van der Waals surface area contributed by atoms with Crippen molar-refractivity contribution in [1.29, 1.82) is 0 Å². The van der Waals surface area contributed by atoms with Crippen molar-refractivity contribution in [3.05, 3.63) is 34.2 Å². The molecule has 1 saturated carbocycles. The van der Waals surface area contributed by atoms with Crippen molar-refractivity contribution in [2.75, 3.05) is 14.1 Å². The van der Waals surface area contributed by atoms with Gasteiger partial charge in [0.2, 0.25) is 0 Å². The molecule has 0 aliphatic heterocycles. The first kappa shape index (κ1) is 15.3. The molecule has 0 bridgehead atoms. The van der Waals surface area contributed by atoms with Crippen LogP contribution >= 0.6 is 22.9 Å². The average Bonchev–Trinajstić information content (AvgIpc) is 2.84. The Morgan fingerprint density at radius 1 is 1.24 bits per heavy atom. The van der Waals surface area contributed by atoms with E-state index < -0.39 is 0 Å². The number of thiophene rings is 1. The van der Waals surface area contributed by atoms with Gasteiger partial charge in [0.1, 0.15) is 0 Å². The lowest BCUT2D eigenvalue weighted by Gasteiger charge is -2.34. The molecule has 1 aliphatic rings. The zero-order valence-corrected chi connectivity index (χ0v) is 14.3. The van der Waals surface area contributed by atoms with E-state index in [2.05, 4.69) is 48.6 Å². The molecule has 1 heterocycles. The smallest absolute Gasteiger partial charge is 0.0637 e. The SMILES string of the molecule is CNC1CCC(N(C)Cc2sc3ccccc3c2Cl)CC1. The highest BCUT2D eigenvalue weighted by molar-refractivity contribution is 7.19. The summed E-state index contributed by atoms with van der Waals surface area (Å²) in [5, 5.41) is 5.55. The van der Waals surface area contributed by atoms with E-state index in [-0.39, 0.29) is 0 Å². The summed E-state index contributed by atoms with van der Waals surface area (Å²) >= 11 is 8.39. The molecule has 1 N–H and O–H groups in total. The Morgan fingerprint density at radius 2 is 1.95 bits per heavy atom. The molecule has 4 heteroatoms. The van der Waals surface area contributed by atoms with E-state index in [0.29, 0.717) is 12.1 Å². The van der Waals surface area contributed by atoms with Crippen molar-refractivity contribution in [3.8, 4) is 0 Å². The minimum absolute atomic E-state index is 0.691. The molecule has 0 radical (unpaired) electrons. The lowest BCUT2D eigenvalue weighted by atomic mass is 9.90. The highest BCUT2D eigenvalue weighted by Gasteiger charge is 2.24. The maximum atomic E-state index is 6.56. The molecule has 3 rings (SSSR count). The van der Waals surface area contributed by atoms with Crippen LogP contribution in [0.25, 0.3) is 10.1 Å². The summed E-state index contributed by atoms with van der Waals surface area (Å²) in [5.74, 6) is 0. The van der Waals surface area contributed by atoms with E-state index in [4.69, 9.17) is 11.6 Å². The van der Waals surface area contributed by atoms with Crippen LogP contribution in [0.3, 0.4) is 0 Å². The first-order valence-corrected chi connectivity index (χ1v) is 8.92. The molecule has 2 nitrogen and oxygen atoms in total. The molecule has 1 fully saturated rings. The maximum Gasteiger partial charge on any atom is 0.0637 e. The van der Waals surface area contributed by atoms with Gasteiger partial charge >= 0.3 is 0 Å². The Labute approximate surface area is 136 Å². The molecule has 0 saturated heterocycles. The maximum absolute atomic E-state index is 6.56. The second-order valence-electron chi connectivity index (χ2n) is 6.04. The molecule has 0 spiro atoms. The van der Waals surface area contributed by atoms with Crippen LogP contribution in [0.5, 0.6) is 0 Å². The Bertz CT molecular complexity index is 602. The summed E-state index contributed by atoms with van der Waals surface area (Å²) in [6, 6.07) is 9.83. The Balaban J connectivity index is 1.69. The van der Waals surface area contributed by atoms with Crippen LogP contribution in [0.15, 0.2) is 24.3 Å². The molecule has 0 amide bonds. The van der Waals surface area contributed by atoms with Gasteiger partial charge in [-0.05, 0) is 45.8 Å². The number of hydrogen-bond acceptors (Lipinski definition) is 3. The highest BCUT2D eigenvalue weighted by Crippen LogP contribution is 2.36. The molecule has 1 aliphatic carbocycles. The van der Waals surface area contributed by atoms with E-state index >= 15 is 0 Å². The van der Waals surface area contributed by atoms with E-state index in [1.165, 1.54) is 40.6 Å². The summed E-state index contributed by atoms with van der Waals surface area (Å²) in [7, 11) is 4.32. The van der Waals surface area contributed by atoms with Gasteiger partial charge in [0, 0.05) is 33.6 Å². The number of fused-ring (bicyclic) bond motifs is 1. The van der Waals surface area contributed by atoms with Crippen LogP contribution in [0, 0.1) is 0 Å². The highest BCUT2D eigenvalue weighted by atomic mass is 35.5. The average molecular weight is 323 g/mol. The van der Waals surface area contributed by atoms with Gasteiger partial charge < -0.3 is 5.32 Å². The molecule has 1 aromatic carbocycles. The van der Waals surface area contributed by atoms with Crippen LogP contribution in [0.2, 0.25) is 5.02 Å². The third-order valence-corrected chi connectivity index (χ3v) is 6.42. The van der Waals surface area contributed by atoms with E-state index in [1.807, 2.05) is 11.3 Å². The van der Waals surface area contributed by atoms with Crippen LogP contribution in [0.4, 0.5) is 0 Å². The number of benzene rings is 1. The van der Waals surface area contributed by atoms with Gasteiger partial charge in [-0.15, -0.1) is 11.3 Å². The molecule has 21 heavy (non-hydrogen) atoms. The van der Waals surface area contributed by atoms with Crippen molar-refractivity contribution in [2.24, 2.45) is 0 Å². The fourth-order valence-corrected chi connectivity index (χ4v) is 4.88. The largest absolute Gasteiger partial charge is 0.317 e. The molecule has 0 unspecified atom stereocenters. The standard InChI is InChI=1S/C17H23ClN2S/c1-19-12-7-9-13(10-8-12)20(2)11-16-17(18)14-5-3-4-6-15(14)21-16/h3-6,12-13,19H,7-11H2,1-2H3. The number of halogens is 1. The number of nitrogens with zero attached hydrogens (tertiary/aromatic N) is 1. The summed E-state index contributed by atoms with van der Waals surface area (Å²) in [6.07, 6.45) is 5.13. The summed E-state index contributed by atoms with van der Waals surface area (Å²) in [6.45, 7) is 0.965. The van der Waals surface area contributed by atoms with E-state index in [9.17, 15) is 0 Å². The predicted octanol–water partition coefficient (Wildman–Crippen LogP) is 4.52. The first-order chi connectivity index (χ1) is 10.2. The predicted molar refractivity (Wildman–Crippen MR) is 93.4 cm³/mol. The Kier molecular flexibility index (Phi) is 4.85. The van der Waals surface area contributed by atoms with Gasteiger partial charge in [0.05, 0.1) is 5.02 Å². The summed E-state index contributed by atoms with van der Waals surface area (Å²) < 4.78 is 1.30. The molecule has 0 atom stereocenters. The molecule has 1 aromatic heterocycles. The lowest BCUT2D eigenvalue weighted by Crippen LogP contribution is -2.39. The van der Waals surface area contributed by atoms with Crippen LogP contribution < -0.4 is 5.32 Å². The molecule has 2 aromatic rings. The monoisotopic (exact) mass is 322 g/mol. The normalized spacial score (nSPS) is 23.0. The number of rotatable bonds is 4. The topological polar surface area (TPSA) is 15.3 Å². The van der Waals surface area contributed by atoms with Gasteiger partial charge in [-0.25, -0.2) is 0 Å². The van der Waals surface area contributed by atoms with E-state index in [1.54, 1.807) is 0 Å². The second-order valence-corrected chi connectivity index (χ2v) is 7.56. The molecular formula is C17H23ClN2S. The Hall–Kier alpha value is -0.610. The van der Waals surface area contributed by atoms with Crippen molar-refractivity contribution in [3.63, 3.8) is 0 Å². The van der Waals surface area contributed by atoms with Gasteiger partial charge in [0.15, 0.2) is 0 Å². The molecular weight excluding hydrogens is 300 g/mol. The van der Waals surface area contributed by atoms with Crippen LogP contribution in [-0.4, -0.2) is 31.1 Å². The van der Waals surface area contributed by atoms with Crippen molar-refractivity contribution in [2.45, 2.75) is 44.3 Å². The lowest BCUT2D eigenvalue weighted by molar-refractivity contribution is 0.171. The fraction of sp³-hybridized carbons (Fsp3) is 0.529. The quantitative estimate of drug-likeness (QED) is 0.890. The zero-order valence-electron chi connectivity index (χ0n) is 12.7. The third-order valence-electron chi connectivity index (χ3n) is 4.72. The summed E-state index contributed by atoms with van der Waals surface area (Å²) in [5.41, 5.74) is 0. The van der Waals surface area contributed by atoms with Crippen LogP contribution in [0.1, 0.15) is 30.6 Å². The van der Waals surface area contributed by atoms with Gasteiger partial charge in [-0.2, -0.15) is 0 Å². The van der Waals surface area contributed by atoms with Crippen molar-refractivity contribution in [1.82, 2.24) is 10.2 Å². The van der Waals surface area contributed by atoms with Gasteiger partial charge in [0.25, 0.3) is 0 Å². The number of nitrogens with one attached hydrogen (secondary N) is 1. The molecule has 114 valence electrons. The van der Waals surface area contributed by atoms with E-state index in [0.717, 1.165) is 11.6 Å².